The molecule has 1 N–H and O–H groups in total. The Kier molecular flexibility index (Phi) is 3.21. The summed E-state index contributed by atoms with van der Waals surface area (Å²) in [5.74, 6) is 0.790. The second-order valence-electron chi connectivity index (χ2n) is 5.75. The minimum atomic E-state index is -0.259. The maximum atomic E-state index is 9.28. The molecule has 1 fully saturated rings. The molecule has 1 aliphatic rings. The van der Waals surface area contributed by atoms with Gasteiger partial charge in [0.2, 0.25) is 0 Å². The van der Waals surface area contributed by atoms with Gasteiger partial charge in [-0.25, -0.2) is 0 Å². The van der Waals surface area contributed by atoms with Crippen molar-refractivity contribution in [2.75, 3.05) is 0 Å². The SMILES string of the molecule is CC1CCC(C#N)(NC(C)(C)C)CC1. The first kappa shape index (κ1) is 11.5. The van der Waals surface area contributed by atoms with Crippen LogP contribution in [0.2, 0.25) is 0 Å². The third-order valence-electron chi connectivity index (χ3n) is 2.96. The molecule has 0 bridgehead atoms. The summed E-state index contributed by atoms with van der Waals surface area (Å²) < 4.78 is 0. The Hall–Kier alpha value is -0.550. The predicted octanol–water partition coefficient (Wildman–Crippen LogP) is 2.85. The summed E-state index contributed by atoms with van der Waals surface area (Å²) in [4.78, 5) is 0. The van der Waals surface area contributed by atoms with Crippen LogP contribution in [0.15, 0.2) is 0 Å². The van der Waals surface area contributed by atoms with Crippen LogP contribution in [0.3, 0.4) is 0 Å². The third-order valence-corrected chi connectivity index (χ3v) is 2.96. The van der Waals surface area contributed by atoms with Gasteiger partial charge in [0, 0.05) is 5.54 Å². The molecule has 0 aliphatic heterocycles. The number of hydrogen-bond acceptors (Lipinski definition) is 2. The molecule has 0 heterocycles. The van der Waals surface area contributed by atoms with Crippen molar-refractivity contribution in [3.63, 3.8) is 0 Å². The van der Waals surface area contributed by atoms with E-state index in [1.54, 1.807) is 0 Å². The lowest BCUT2D eigenvalue weighted by molar-refractivity contribution is 0.204. The highest BCUT2D eigenvalue weighted by atomic mass is 15.0. The lowest BCUT2D eigenvalue weighted by atomic mass is 9.77. The van der Waals surface area contributed by atoms with Gasteiger partial charge in [-0.3, -0.25) is 5.32 Å². The van der Waals surface area contributed by atoms with Crippen LogP contribution in [0.25, 0.3) is 0 Å². The van der Waals surface area contributed by atoms with Crippen molar-refractivity contribution in [3.8, 4) is 6.07 Å². The summed E-state index contributed by atoms with van der Waals surface area (Å²) in [6.07, 6.45) is 4.36. The van der Waals surface area contributed by atoms with Crippen LogP contribution in [-0.4, -0.2) is 11.1 Å². The summed E-state index contributed by atoms with van der Waals surface area (Å²) in [5.41, 5.74) is -0.221. The van der Waals surface area contributed by atoms with Gasteiger partial charge in [-0.1, -0.05) is 6.92 Å². The first-order valence-corrected chi connectivity index (χ1v) is 5.57. The standard InChI is InChI=1S/C12H22N2/c1-10-5-7-12(9-13,8-6-10)14-11(2,3)4/h10,14H,5-8H2,1-4H3. The lowest BCUT2D eigenvalue weighted by Gasteiger charge is -2.39. The first-order chi connectivity index (χ1) is 6.37. The van der Waals surface area contributed by atoms with Crippen molar-refractivity contribution in [1.82, 2.24) is 5.32 Å². The molecule has 0 aromatic heterocycles. The predicted molar refractivity (Wildman–Crippen MR) is 58.9 cm³/mol. The Balaban J connectivity index is 2.65. The van der Waals surface area contributed by atoms with Gasteiger partial charge < -0.3 is 0 Å². The zero-order chi connectivity index (χ0) is 10.8. The van der Waals surface area contributed by atoms with Gasteiger partial charge in [0.1, 0.15) is 5.54 Å². The molecule has 2 heteroatoms. The number of rotatable bonds is 1. The summed E-state index contributed by atoms with van der Waals surface area (Å²) in [7, 11) is 0. The van der Waals surface area contributed by atoms with Crippen LogP contribution in [-0.2, 0) is 0 Å². The van der Waals surface area contributed by atoms with E-state index in [9.17, 15) is 5.26 Å². The topological polar surface area (TPSA) is 35.8 Å². The van der Waals surface area contributed by atoms with Gasteiger partial charge >= 0.3 is 0 Å². The van der Waals surface area contributed by atoms with Crippen molar-refractivity contribution in [3.05, 3.63) is 0 Å². The number of nitrogens with one attached hydrogen (secondary N) is 1. The van der Waals surface area contributed by atoms with Crippen molar-refractivity contribution in [1.29, 1.82) is 5.26 Å². The van der Waals surface area contributed by atoms with Gasteiger partial charge in [-0.05, 0) is 52.4 Å². The highest BCUT2D eigenvalue weighted by Gasteiger charge is 2.36. The van der Waals surface area contributed by atoms with E-state index in [-0.39, 0.29) is 11.1 Å². The molecule has 0 aromatic rings. The van der Waals surface area contributed by atoms with Crippen LogP contribution in [0.1, 0.15) is 53.4 Å². The van der Waals surface area contributed by atoms with Crippen LogP contribution in [0.4, 0.5) is 0 Å². The minimum absolute atomic E-state index is 0.0380. The lowest BCUT2D eigenvalue weighted by Crippen LogP contribution is -2.54. The van der Waals surface area contributed by atoms with Gasteiger partial charge in [0.15, 0.2) is 0 Å². The maximum absolute atomic E-state index is 9.28. The zero-order valence-corrected chi connectivity index (χ0v) is 9.85. The molecular weight excluding hydrogens is 172 g/mol. The molecule has 0 atom stereocenters. The highest BCUT2D eigenvalue weighted by molar-refractivity contribution is 5.11. The van der Waals surface area contributed by atoms with E-state index in [4.69, 9.17) is 0 Å². The van der Waals surface area contributed by atoms with Crippen molar-refractivity contribution in [2.45, 2.75) is 64.5 Å². The van der Waals surface area contributed by atoms with Crippen LogP contribution >= 0.6 is 0 Å². The highest BCUT2D eigenvalue weighted by Crippen LogP contribution is 2.32. The summed E-state index contributed by atoms with van der Waals surface area (Å²) in [6.45, 7) is 8.66. The largest absolute Gasteiger partial charge is 0.295 e. The fourth-order valence-electron chi connectivity index (χ4n) is 2.24. The molecule has 0 spiro atoms. The molecule has 14 heavy (non-hydrogen) atoms. The normalized spacial score (nSPS) is 33.8. The number of hydrogen-bond donors (Lipinski definition) is 1. The summed E-state index contributed by atoms with van der Waals surface area (Å²) in [5, 5.41) is 12.8. The van der Waals surface area contributed by atoms with E-state index < -0.39 is 0 Å². The van der Waals surface area contributed by atoms with E-state index in [0.29, 0.717) is 0 Å². The summed E-state index contributed by atoms with van der Waals surface area (Å²) in [6, 6.07) is 2.48. The van der Waals surface area contributed by atoms with E-state index in [0.717, 1.165) is 18.8 Å². The van der Waals surface area contributed by atoms with Gasteiger partial charge in [-0.15, -0.1) is 0 Å². The molecule has 1 saturated carbocycles. The Labute approximate surface area is 87.7 Å². The first-order valence-electron chi connectivity index (χ1n) is 5.57. The third kappa shape index (κ3) is 2.99. The van der Waals surface area contributed by atoms with Crippen LogP contribution in [0, 0.1) is 17.2 Å². The Morgan fingerprint density at radius 2 is 1.79 bits per heavy atom. The van der Waals surface area contributed by atoms with Crippen molar-refractivity contribution >= 4 is 0 Å². The van der Waals surface area contributed by atoms with Crippen molar-refractivity contribution < 1.29 is 0 Å². The summed E-state index contributed by atoms with van der Waals surface area (Å²) >= 11 is 0. The van der Waals surface area contributed by atoms with Crippen LogP contribution in [0.5, 0.6) is 0 Å². The fraction of sp³-hybridized carbons (Fsp3) is 0.917. The molecule has 1 rings (SSSR count). The average Bonchev–Trinajstić information content (AvgIpc) is 2.07. The molecule has 0 saturated heterocycles. The minimum Gasteiger partial charge on any atom is -0.295 e. The fourth-order valence-corrected chi connectivity index (χ4v) is 2.24. The zero-order valence-electron chi connectivity index (χ0n) is 9.85. The van der Waals surface area contributed by atoms with Crippen LogP contribution < -0.4 is 5.32 Å². The van der Waals surface area contributed by atoms with Crippen molar-refractivity contribution in [2.24, 2.45) is 5.92 Å². The molecular formula is C12H22N2. The smallest absolute Gasteiger partial charge is 0.107 e. The average molecular weight is 194 g/mol. The maximum Gasteiger partial charge on any atom is 0.107 e. The van der Waals surface area contributed by atoms with E-state index >= 15 is 0 Å². The monoisotopic (exact) mass is 194 g/mol. The molecule has 80 valence electrons. The van der Waals surface area contributed by atoms with E-state index in [1.807, 2.05) is 0 Å². The number of nitriles is 1. The molecule has 0 aromatic carbocycles. The molecule has 0 amide bonds. The van der Waals surface area contributed by atoms with E-state index in [1.165, 1.54) is 12.8 Å². The number of nitrogens with zero attached hydrogens (tertiary/aromatic N) is 1. The Bertz CT molecular complexity index is 224. The molecule has 1 aliphatic carbocycles. The quantitative estimate of drug-likeness (QED) is 0.696. The second-order valence-corrected chi connectivity index (χ2v) is 5.75. The van der Waals surface area contributed by atoms with E-state index in [2.05, 4.69) is 39.1 Å². The molecule has 0 unspecified atom stereocenters. The molecule has 0 radical (unpaired) electrons. The Morgan fingerprint density at radius 3 is 2.14 bits per heavy atom. The second kappa shape index (κ2) is 3.90. The van der Waals surface area contributed by atoms with Gasteiger partial charge in [0.05, 0.1) is 6.07 Å². The Morgan fingerprint density at radius 1 is 1.29 bits per heavy atom. The van der Waals surface area contributed by atoms with Gasteiger partial charge in [-0.2, -0.15) is 5.26 Å². The van der Waals surface area contributed by atoms with Gasteiger partial charge in [0.25, 0.3) is 0 Å². The molecule has 2 nitrogen and oxygen atoms in total.